The van der Waals surface area contributed by atoms with Gasteiger partial charge in [0.1, 0.15) is 11.5 Å². The van der Waals surface area contributed by atoms with Gasteiger partial charge in [-0.25, -0.2) is 23.1 Å². The van der Waals surface area contributed by atoms with E-state index in [0.717, 1.165) is 12.1 Å². The van der Waals surface area contributed by atoms with Crippen molar-refractivity contribution in [1.82, 2.24) is 9.97 Å². The van der Waals surface area contributed by atoms with Crippen molar-refractivity contribution < 1.29 is 18.0 Å². The summed E-state index contributed by atoms with van der Waals surface area (Å²) in [5, 5.41) is 5.31. The van der Waals surface area contributed by atoms with Gasteiger partial charge < -0.3 is 10.6 Å². The van der Waals surface area contributed by atoms with Crippen molar-refractivity contribution in [3.63, 3.8) is 0 Å². The molecular formula is C18H13F3N4O. The van der Waals surface area contributed by atoms with Crippen LogP contribution < -0.4 is 10.6 Å². The fourth-order valence-electron chi connectivity index (χ4n) is 2.17. The maximum absolute atomic E-state index is 13.2. The molecule has 8 heteroatoms. The number of rotatable bonds is 4. The number of benzene rings is 2. The van der Waals surface area contributed by atoms with Crippen LogP contribution in [-0.2, 0) is 0 Å². The van der Waals surface area contributed by atoms with Gasteiger partial charge >= 0.3 is 0 Å². The summed E-state index contributed by atoms with van der Waals surface area (Å²) in [5.74, 6) is -2.92. The van der Waals surface area contributed by atoms with Crippen LogP contribution in [-0.4, -0.2) is 15.9 Å². The summed E-state index contributed by atoms with van der Waals surface area (Å²) < 4.78 is 39.2. The molecule has 0 atom stereocenters. The molecule has 1 heterocycles. The first kappa shape index (κ1) is 17.4. The summed E-state index contributed by atoms with van der Waals surface area (Å²) in [6.07, 6.45) is 0. The number of aromatic nitrogens is 2. The molecule has 0 bridgehead atoms. The van der Waals surface area contributed by atoms with Gasteiger partial charge in [-0.15, -0.1) is 0 Å². The van der Waals surface area contributed by atoms with Crippen LogP contribution in [0.1, 0.15) is 16.2 Å². The average molecular weight is 358 g/mol. The monoisotopic (exact) mass is 358 g/mol. The lowest BCUT2D eigenvalue weighted by molar-refractivity contribution is 0.102. The summed E-state index contributed by atoms with van der Waals surface area (Å²) in [6, 6.07) is 10.0. The van der Waals surface area contributed by atoms with Crippen LogP contribution in [0.25, 0.3) is 0 Å². The molecule has 0 spiro atoms. The molecule has 0 radical (unpaired) electrons. The van der Waals surface area contributed by atoms with Crippen LogP contribution in [0.2, 0.25) is 0 Å². The maximum atomic E-state index is 13.2. The largest absolute Gasteiger partial charge is 0.324 e. The third-order valence-corrected chi connectivity index (χ3v) is 3.36. The zero-order chi connectivity index (χ0) is 18.7. The number of amides is 1. The smallest absolute Gasteiger partial charge is 0.274 e. The number of hydrogen-bond donors (Lipinski definition) is 2. The van der Waals surface area contributed by atoms with Crippen LogP contribution in [0.3, 0.4) is 0 Å². The van der Waals surface area contributed by atoms with Crippen molar-refractivity contribution in [1.29, 1.82) is 0 Å². The Balaban J connectivity index is 1.80. The lowest BCUT2D eigenvalue weighted by Gasteiger charge is -2.09. The van der Waals surface area contributed by atoms with E-state index in [0.29, 0.717) is 11.4 Å². The standard InChI is InChI=1S/C18H13F3N4O/c1-10-8-16(17(26)23-13-6-7-14(20)15(21)9-13)25-18(22-10)24-12-4-2-11(19)3-5-12/h2-9H,1H3,(H,23,26)(H,22,24,25). The molecule has 2 N–H and O–H groups in total. The normalized spacial score (nSPS) is 10.5. The highest BCUT2D eigenvalue weighted by Crippen LogP contribution is 2.17. The molecule has 0 aliphatic heterocycles. The Labute approximate surface area is 146 Å². The topological polar surface area (TPSA) is 66.9 Å². The highest BCUT2D eigenvalue weighted by atomic mass is 19.2. The van der Waals surface area contributed by atoms with E-state index in [4.69, 9.17) is 0 Å². The molecule has 3 aromatic rings. The van der Waals surface area contributed by atoms with E-state index in [1.165, 1.54) is 36.4 Å². The summed E-state index contributed by atoms with van der Waals surface area (Å²) in [5.41, 5.74) is 1.19. The van der Waals surface area contributed by atoms with Crippen molar-refractivity contribution in [2.45, 2.75) is 6.92 Å². The third-order valence-electron chi connectivity index (χ3n) is 3.36. The number of nitrogens with one attached hydrogen (secondary N) is 2. The molecule has 1 aromatic heterocycles. The van der Waals surface area contributed by atoms with Crippen LogP contribution in [0.4, 0.5) is 30.5 Å². The Hall–Kier alpha value is -3.42. The van der Waals surface area contributed by atoms with Gasteiger partial charge in [0.05, 0.1) is 0 Å². The minimum atomic E-state index is -1.07. The highest BCUT2D eigenvalue weighted by molar-refractivity contribution is 6.03. The number of nitrogens with zero attached hydrogens (tertiary/aromatic N) is 2. The molecule has 2 aromatic carbocycles. The van der Waals surface area contributed by atoms with E-state index in [2.05, 4.69) is 20.6 Å². The van der Waals surface area contributed by atoms with Gasteiger partial charge in [-0.05, 0) is 49.4 Å². The maximum Gasteiger partial charge on any atom is 0.274 e. The van der Waals surface area contributed by atoms with Crippen LogP contribution in [0, 0.1) is 24.4 Å². The molecule has 26 heavy (non-hydrogen) atoms. The van der Waals surface area contributed by atoms with Crippen molar-refractivity contribution in [3.8, 4) is 0 Å². The molecule has 132 valence electrons. The second-order valence-corrected chi connectivity index (χ2v) is 5.43. The first-order valence-electron chi connectivity index (χ1n) is 7.55. The Morgan fingerprint density at radius 2 is 1.58 bits per heavy atom. The third kappa shape index (κ3) is 4.15. The van der Waals surface area contributed by atoms with Crippen LogP contribution >= 0.6 is 0 Å². The molecule has 0 fully saturated rings. The highest BCUT2D eigenvalue weighted by Gasteiger charge is 2.12. The molecule has 1 amide bonds. The molecule has 0 saturated heterocycles. The predicted molar refractivity (Wildman–Crippen MR) is 90.8 cm³/mol. The molecular weight excluding hydrogens is 345 g/mol. The average Bonchev–Trinajstić information content (AvgIpc) is 2.60. The second-order valence-electron chi connectivity index (χ2n) is 5.43. The number of anilines is 3. The Morgan fingerprint density at radius 1 is 0.885 bits per heavy atom. The van der Waals surface area contributed by atoms with Crippen LogP contribution in [0.15, 0.2) is 48.5 Å². The SMILES string of the molecule is Cc1cc(C(=O)Nc2ccc(F)c(F)c2)nc(Nc2ccc(F)cc2)n1. The number of hydrogen-bond acceptors (Lipinski definition) is 4. The second kappa shape index (κ2) is 7.22. The van der Waals surface area contributed by atoms with E-state index >= 15 is 0 Å². The van der Waals surface area contributed by atoms with E-state index < -0.39 is 17.5 Å². The molecule has 3 rings (SSSR count). The van der Waals surface area contributed by atoms with E-state index in [1.54, 1.807) is 6.92 Å². The fraction of sp³-hybridized carbons (Fsp3) is 0.0556. The molecule has 5 nitrogen and oxygen atoms in total. The van der Waals surface area contributed by atoms with Crippen molar-refractivity contribution in [2.75, 3.05) is 10.6 Å². The number of carbonyl (C=O) groups is 1. The van der Waals surface area contributed by atoms with E-state index in [1.807, 2.05) is 0 Å². The number of aryl methyl sites for hydroxylation is 1. The number of halogens is 3. The van der Waals surface area contributed by atoms with Gasteiger partial charge in [0.2, 0.25) is 5.95 Å². The molecule has 0 aliphatic carbocycles. The van der Waals surface area contributed by atoms with E-state index in [-0.39, 0.29) is 23.1 Å². The number of carbonyl (C=O) groups excluding carboxylic acids is 1. The van der Waals surface area contributed by atoms with E-state index in [9.17, 15) is 18.0 Å². The lowest BCUT2D eigenvalue weighted by Crippen LogP contribution is -2.15. The zero-order valence-corrected chi connectivity index (χ0v) is 13.6. The van der Waals surface area contributed by atoms with Gasteiger partial charge in [0.15, 0.2) is 11.6 Å². The Morgan fingerprint density at radius 3 is 2.27 bits per heavy atom. The summed E-state index contributed by atoms with van der Waals surface area (Å²) >= 11 is 0. The predicted octanol–water partition coefficient (Wildman–Crippen LogP) is 4.20. The van der Waals surface area contributed by atoms with Gasteiger partial charge in [0, 0.05) is 23.1 Å². The van der Waals surface area contributed by atoms with Gasteiger partial charge in [-0.2, -0.15) is 0 Å². The van der Waals surface area contributed by atoms with Gasteiger partial charge in [0.25, 0.3) is 5.91 Å². The first-order chi connectivity index (χ1) is 12.4. The first-order valence-corrected chi connectivity index (χ1v) is 7.55. The molecule has 0 saturated carbocycles. The van der Waals surface area contributed by atoms with Crippen LogP contribution in [0.5, 0.6) is 0 Å². The lowest BCUT2D eigenvalue weighted by atomic mass is 10.2. The quantitative estimate of drug-likeness (QED) is 0.734. The van der Waals surface area contributed by atoms with Crippen molar-refractivity contribution in [2.24, 2.45) is 0 Å². The summed E-state index contributed by atoms with van der Waals surface area (Å²) in [4.78, 5) is 20.6. The summed E-state index contributed by atoms with van der Waals surface area (Å²) in [7, 11) is 0. The Bertz CT molecular complexity index is 961. The van der Waals surface area contributed by atoms with Gasteiger partial charge in [-0.1, -0.05) is 0 Å². The van der Waals surface area contributed by atoms with Crippen molar-refractivity contribution >= 4 is 23.2 Å². The van der Waals surface area contributed by atoms with Gasteiger partial charge in [-0.3, -0.25) is 4.79 Å². The summed E-state index contributed by atoms with van der Waals surface area (Å²) in [6.45, 7) is 1.67. The fourth-order valence-corrected chi connectivity index (χ4v) is 2.17. The minimum Gasteiger partial charge on any atom is -0.324 e. The Kier molecular flexibility index (Phi) is 4.83. The molecule has 0 unspecified atom stereocenters. The molecule has 0 aliphatic rings. The zero-order valence-electron chi connectivity index (χ0n) is 13.6. The minimum absolute atomic E-state index is 0.0341. The van der Waals surface area contributed by atoms with Crippen molar-refractivity contribution in [3.05, 3.63) is 77.4 Å².